The second-order valence-electron chi connectivity index (χ2n) is 4.64. The molecule has 2 aromatic carbocycles. The number of rotatable bonds is 2. The van der Waals surface area contributed by atoms with Crippen molar-refractivity contribution in [1.29, 1.82) is 0 Å². The lowest BCUT2D eigenvalue weighted by Gasteiger charge is -2.35. The minimum absolute atomic E-state index is 0.113. The van der Waals surface area contributed by atoms with Crippen molar-refractivity contribution >= 4 is 32.0 Å². The number of carboxylic acids is 1. The van der Waals surface area contributed by atoms with Crippen LogP contribution < -0.4 is 0 Å². The van der Waals surface area contributed by atoms with E-state index in [4.69, 9.17) is 15.8 Å². The number of hydrogen-bond donors (Lipinski definition) is 1. The topological polar surface area (TPSA) is 57.6 Å². The summed E-state index contributed by atoms with van der Waals surface area (Å²) in [6.45, 7) is 0. The van der Waals surface area contributed by atoms with E-state index in [1.165, 1.54) is 12.1 Å². The first-order valence-electron chi connectivity index (χ1n) is 6.20. The van der Waals surface area contributed by atoms with Gasteiger partial charge in [-0.2, -0.15) is 0 Å². The number of benzene rings is 2. The minimum atomic E-state index is -2.15. The molecule has 0 fully saturated rings. The molecule has 1 amide bonds. The molecule has 1 N–H and O–H groups in total. The van der Waals surface area contributed by atoms with Crippen LogP contribution in [0.15, 0.2) is 58.3 Å². The summed E-state index contributed by atoms with van der Waals surface area (Å²) >= 11 is 0. The molecule has 6 heteroatoms. The van der Waals surface area contributed by atoms with E-state index in [-0.39, 0.29) is 11.5 Å². The van der Waals surface area contributed by atoms with Crippen molar-refractivity contribution in [3.63, 3.8) is 0 Å². The number of fused-ring (bicyclic) bond motifs is 1. The third-order valence-corrected chi connectivity index (χ3v) is 7.90. The molecule has 0 aromatic heterocycles. The van der Waals surface area contributed by atoms with Gasteiger partial charge >= 0.3 is 5.97 Å². The average molecular weight is 322 g/mol. The van der Waals surface area contributed by atoms with Crippen LogP contribution in [0.4, 0.5) is 0 Å². The molecule has 21 heavy (non-hydrogen) atoms. The van der Waals surface area contributed by atoms with E-state index in [0.717, 1.165) is 9.79 Å². The number of carbonyl (C=O) groups is 2. The molecule has 0 radical (unpaired) electrons. The quantitative estimate of drug-likeness (QED) is 0.916. The molecule has 2 aromatic rings. The van der Waals surface area contributed by atoms with Gasteiger partial charge < -0.3 is 5.11 Å². The number of carboxylic acid groups (broad SMARTS) is 1. The Balaban J connectivity index is 2.16. The standard InChI is InChI=1S/C15H12ClNO3S/c1-17-14(18)12-4-2-3-5-13(12)21(17,16)11-8-6-10(7-9-11)15(19)20/h2-9H,1H3,(H,19,20). The first-order chi connectivity index (χ1) is 9.96. The summed E-state index contributed by atoms with van der Waals surface area (Å²) in [4.78, 5) is 24.8. The lowest BCUT2D eigenvalue weighted by atomic mass is 10.2. The van der Waals surface area contributed by atoms with Crippen molar-refractivity contribution in [2.45, 2.75) is 9.79 Å². The minimum Gasteiger partial charge on any atom is -0.478 e. The Bertz CT molecular complexity index is 747. The summed E-state index contributed by atoms with van der Waals surface area (Å²) < 4.78 is 1.55. The maximum atomic E-state index is 12.3. The smallest absolute Gasteiger partial charge is 0.335 e. The molecule has 0 saturated carbocycles. The summed E-state index contributed by atoms with van der Waals surface area (Å²) in [5.41, 5.74) is 0.797. The zero-order chi connectivity index (χ0) is 15.2. The van der Waals surface area contributed by atoms with E-state index >= 15 is 0 Å². The van der Waals surface area contributed by atoms with Gasteiger partial charge in [-0.05, 0) is 56.5 Å². The van der Waals surface area contributed by atoms with Crippen LogP contribution in [0.1, 0.15) is 20.7 Å². The average Bonchev–Trinajstić information content (AvgIpc) is 2.71. The van der Waals surface area contributed by atoms with Crippen LogP contribution in [0, 0.1) is 0 Å². The van der Waals surface area contributed by atoms with Gasteiger partial charge in [-0.25, -0.2) is 4.79 Å². The Morgan fingerprint density at radius 2 is 1.76 bits per heavy atom. The van der Waals surface area contributed by atoms with E-state index in [0.29, 0.717) is 5.56 Å². The highest BCUT2D eigenvalue weighted by Crippen LogP contribution is 2.72. The van der Waals surface area contributed by atoms with Crippen molar-refractivity contribution in [2.24, 2.45) is 0 Å². The molecule has 1 aliphatic rings. The Kier molecular flexibility index (Phi) is 3.19. The van der Waals surface area contributed by atoms with Crippen LogP contribution >= 0.6 is 20.1 Å². The summed E-state index contributed by atoms with van der Waals surface area (Å²) in [6, 6.07) is 13.6. The fourth-order valence-corrected chi connectivity index (χ4v) is 5.67. The molecule has 1 aliphatic heterocycles. The monoisotopic (exact) mass is 321 g/mol. The van der Waals surface area contributed by atoms with E-state index in [1.54, 1.807) is 35.6 Å². The van der Waals surface area contributed by atoms with Gasteiger partial charge in [-0.1, -0.05) is 12.1 Å². The molecule has 3 rings (SSSR count). The van der Waals surface area contributed by atoms with Crippen LogP contribution in [0.5, 0.6) is 0 Å². The van der Waals surface area contributed by atoms with Crippen molar-refractivity contribution in [2.75, 3.05) is 7.05 Å². The van der Waals surface area contributed by atoms with Gasteiger partial charge in [0.2, 0.25) is 0 Å². The molecule has 0 spiro atoms. The third-order valence-electron chi connectivity index (χ3n) is 3.49. The van der Waals surface area contributed by atoms with Crippen LogP contribution in [0.3, 0.4) is 0 Å². The number of nitrogens with zero attached hydrogens (tertiary/aromatic N) is 1. The van der Waals surface area contributed by atoms with Gasteiger partial charge in [0.05, 0.1) is 11.1 Å². The molecule has 1 unspecified atom stereocenters. The Labute approximate surface area is 127 Å². The lowest BCUT2D eigenvalue weighted by molar-refractivity contribution is 0.0696. The van der Waals surface area contributed by atoms with Crippen LogP contribution in [0.25, 0.3) is 0 Å². The molecule has 4 nitrogen and oxygen atoms in total. The number of amides is 1. The summed E-state index contributed by atoms with van der Waals surface area (Å²) in [7, 11) is 6.37. The molecule has 1 heterocycles. The van der Waals surface area contributed by atoms with Gasteiger partial charge in [0, 0.05) is 16.8 Å². The Morgan fingerprint density at radius 3 is 2.38 bits per heavy atom. The van der Waals surface area contributed by atoms with Crippen molar-refractivity contribution in [3.8, 4) is 0 Å². The van der Waals surface area contributed by atoms with E-state index in [2.05, 4.69) is 0 Å². The van der Waals surface area contributed by atoms with Crippen LogP contribution in [0.2, 0.25) is 0 Å². The highest BCUT2D eigenvalue weighted by atomic mass is 35.7. The number of hydrogen-bond acceptors (Lipinski definition) is 2. The third kappa shape index (κ3) is 1.92. The zero-order valence-corrected chi connectivity index (χ0v) is 12.7. The van der Waals surface area contributed by atoms with Gasteiger partial charge in [0.25, 0.3) is 5.91 Å². The molecule has 0 aliphatic carbocycles. The van der Waals surface area contributed by atoms with Crippen LogP contribution in [-0.2, 0) is 0 Å². The Hall–Kier alpha value is -1.98. The second kappa shape index (κ2) is 4.79. The SMILES string of the molecule is CN1C(=O)c2ccccc2S1(Cl)c1ccc(C(=O)O)cc1. The summed E-state index contributed by atoms with van der Waals surface area (Å²) in [6.07, 6.45) is 0. The fourth-order valence-electron chi connectivity index (χ4n) is 2.37. The van der Waals surface area contributed by atoms with Gasteiger partial charge in [0.15, 0.2) is 0 Å². The largest absolute Gasteiger partial charge is 0.478 e. The lowest BCUT2D eigenvalue weighted by Crippen LogP contribution is -2.20. The van der Waals surface area contributed by atoms with E-state index < -0.39 is 15.4 Å². The first-order valence-corrected chi connectivity index (χ1v) is 8.61. The number of aromatic carboxylic acids is 1. The number of carbonyl (C=O) groups excluding carboxylic acids is 1. The predicted octanol–water partition coefficient (Wildman–Crippen LogP) is 3.76. The molecular formula is C15H12ClNO3S. The molecular weight excluding hydrogens is 310 g/mol. The Morgan fingerprint density at radius 1 is 1.14 bits per heavy atom. The maximum absolute atomic E-state index is 12.3. The van der Waals surface area contributed by atoms with Crippen LogP contribution in [-0.4, -0.2) is 28.3 Å². The van der Waals surface area contributed by atoms with Crippen molar-refractivity contribution < 1.29 is 14.7 Å². The fraction of sp³-hybridized carbons (Fsp3) is 0.0667. The summed E-state index contributed by atoms with van der Waals surface area (Å²) in [5, 5.41) is 8.97. The normalized spacial score (nSPS) is 23.5. The molecule has 0 saturated heterocycles. The molecule has 108 valence electrons. The van der Waals surface area contributed by atoms with Crippen molar-refractivity contribution in [3.05, 3.63) is 59.7 Å². The van der Waals surface area contributed by atoms with Gasteiger partial charge in [0.1, 0.15) is 0 Å². The maximum Gasteiger partial charge on any atom is 0.335 e. The zero-order valence-electron chi connectivity index (χ0n) is 11.1. The predicted molar refractivity (Wildman–Crippen MR) is 81.9 cm³/mol. The molecule has 0 bridgehead atoms. The number of halogens is 1. The highest BCUT2D eigenvalue weighted by Gasteiger charge is 2.43. The molecule has 1 atom stereocenters. The van der Waals surface area contributed by atoms with Gasteiger partial charge in [-0.3, -0.25) is 9.10 Å². The van der Waals surface area contributed by atoms with E-state index in [9.17, 15) is 9.59 Å². The highest BCUT2D eigenvalue weighted by molar-refractivity contribution is 8.50. The van der Waals surface area contributed by atoms with E-state index in [1.807, 2.05) is 12.1 Å². The first kappa shape index (κ1) is 14.0. The van der Waals surface area contributed by atoms with Gasteiger partial charge in [-0.15, -0.1) is 0 Å². The summed E-state index contributed by atoms with van der Waals surface area (Å²) in [5.74, 6) is -1.10. The second-order valence-corrected chi connectivity index (χ2v) is 8.45. The van der Waals surface area contributed by atoms with Crippen molar-refractivity contribution in [1.82, 2.24) is 4.31 Å².